The van der Waals surface area contributed by atoms with Crippen molar-refractivity contribution in [3.8, 4) is 11.5 Å². The van der Waals surface area contributed by atoms with Crippen molar-refractivity contribution in [1.82, 2.24) is 0 Å². The molecule has 0 saturated carbocycles. The first-order valence-corrected chi connectivity index (χ1v) is 5.02. The van der Waals surface area contributed by atoms with E-state index in [1.165, 1.54) is 6.92 Å². The molecule has 0 aliphatic heterocycles. The van der Waals surface area contributed by atoms with E-state index >= 15 is 0 Å². The summed E-state index contributed by atoms with van der Waals surface area (Å²) in [5.41, 5.74) is 0.911. The SMILES string of the molecule is COc1cccc(OC)c1CCOC(C)=O. The van der Waals surface area contributed by atoms with Gasteiger partial charge in [0.25, 0.3) is 0 Å². The third-order valence-corrected chi connectivity index (χ3v) is 2.19. The van der Waals surface area contributed by atoms with Crippen molar-refractivity contribution in [3.63, 3.8) is 0 Å². The number of methoxy groups -OCH3 is 2. The third-order valence-electron chi connectivity index (χ3n) is 2.19. The van der Waals surface area contributed by atoms with Crippen LogP contribution in [0.15, 0.2) is 18.2 Å². The summed E-state index contributed by atoms with van der Waals surface area (Å²) in [6, 6.07) is 5.56. The molecule has 4 heteroatoms. The highest BCUT2D eigenvalue weighted by Crippen LogP contribution is 2.28. The molecule has 0 spiro atoms. The molecule has 0 N–H and O–H groups in total. The summed E-state index contributed by atoms with van der Waals surface area (Å²) in [6.45, 7) is 1.71. The zero-order chi connectivity index (χ0) is 12.0. The molecule has 0 aliphatic carbocycles. The molecule has 0 amide bonds. The Morgan fingerprint density at radius 2 is 1.75 bits per heavy atom. The Morgan fingerprint density at radius 3 is 2.19 bits per heavy atom. The zero-order valence-electron chi connectivity index (χ0n) is 9.78. The van der Waals surface area contributed by atoms with Crippen molar-refractivity contribution >= 4 is 5.97 Å². The Kier molecular flexibility index (Phi) is 4.64. The summed E-state index contributed by atoms with van der Waals surface area (Å²) in [5.74, 6) is 1.20. The van der Waals surface area contributed by atoms with Crippen LogP contribution in [0.1, 0.15) is 12.5 Å². The Labute approximate surface area is 95.1 Å². The quantitative estimate of drug-likeness (QED) is 0.715. The average Bonchev–Trinajstić information content (AvgIpc) is 2.28. The molecule has 1 rings (SSSR count). The normalized spacial score (nSPS) is 9.69. The first-order valence-electron chi connectivity index (χ1n) is 5.02. The van der Waals surface area contributed by atoms with Crippen LogP contribution in [-0.2, 0) is 16.0 Å². The standard InChI is InChI=1S/C12H16O4/c1-9(13)16-8-7-10-11(14-2)5-4-6-12(10)15-3/h4-6H,7-8H2,1-3H3. The van der Waals surface area contributed by atoms with Crippen LogP contribution in [0.2, 0.25) is 0 Å². The van der Waals surface area contributed by atoms with E-state index in [0.717, 1.165) is 17.1 Å². The summed E-state index contributed by atoms with van der Waals surface area (Å²) < 4.78 is 15.3. The van der Waals surface area contributed by atoms with Gasteiger partial charge in [0.1, 0.15) is 11.5 Å². The first-order chi connectivity index (χ1) is 7.69. The second kappa shape index (κ2) is 6.00. The van der Waals surface area contributed by atoms with Crippen molar-refractivity contribution in [3.05, 3.63) is 23.8 Å². The first kappa shape index (κ1) is 12.4. The molecule has 0 saturated heterocycles. The maximum Gasteiger partial charge on any atom is 0.302 e. The third kappa shape index (κ3) is 3.15. The number of hydrogen-bond acceptors (Lipinski definition) is 4. The summed E-state index contributed by atoms with van der Waals surface area (Å²) >= 11 is 0. The van der Waals surface area contributed by atoms with Crippen LogP contribution in [0.25, 0.3) is 0 Å². The summed E-state index contributed by atoms with van der Waals surface area (Å²) in [6.07, 6.45) is 0.576. The molecule has 0 aromatic heterocycles. The van der Waals surface area contributed by atoms with Crippen LogP contribution in [0.5, 0.6) is 11.5 Å². The van der Waals surface area contributed by atoms with Gasteiger partial charge in [-0.1, -0.05) is 6.07 Å². The Bertz CT molecular complexity index is 338. The molecule has 16 heavy (non-hydrogen) atoms. The monoisotopic (exact) mass is 224 g/mol. The van der Waals surface area contributed by atoms with Gasteiger partial charge in [0.2, 0.25) is 0 Å². The van der Waals surface area contributed by atoms with E-state index in [0.29, 0.717) is 13.0 Å². The van der Waals surface area contributed by atoms with Crippen molar-refractivity contribution in [1.29, 1.82) is 0 Å². The number of carbonyl (C=O) groups excluding carboxylic acids is 1. The smallest absolute Gasteiger partial charge is 0.302 e. The second-order valence-electron chi connectivity index (χ2n) is 3.23. The van der Waals surface area contributed by atoms with E-state index in [1.54, 1.807) is 14.2 Å². The van der Waals surface area contributed by atoms with Crippen molar-refractivity contribution in [2.45, 2.75) is 13.3 Å². The summed E-state index contributed by atoms with van der Waals surface area (Å²) in [5, 5.41) is 0. The lowest BCUT2D eigenvalue weighted by atomic mass is 10.1. The molecule has 4 nitrogen and oxygen atoms in total. The summed E-state index contributed by atoms with van der Waals surface area (Å²) in [7, 11) is 3.20. The van der Waals surface area contributed by atoms with Crippen LogP contribution in [0.4, 0.5) is 0 Å². The van der Waals surface area contributed by atoms with E-state index in [1.807, 2.05) is 18.2 Å². The molecule has 0 heterocycles. The number of rotatable bonds is 5. The molecule has 0 aliphatic rings. The van der Waals surface area contributed by atoms with Gasteiger partial charge in [0.05, 0.1) is 20.8 Å². The highest BCUT2D eigenvalue weighted by atomic mass is 16.5. The fourth-order valence-corrected chi connectivity index (χ4v) is 1.47. The Hall–Kier alpha value is -1.71. The number of ether oxygens (including phenoxy) is 3. The van der Waals surface area contributed by atoms with Crippen molar-refractivity contribution in [2.75, 3.05) is 20.8 Å². The molecule has 1 aromatic rings. The maximum atomic E-state index is 10.7. The molecule has 0 fully saturated rings. The van der Waals surface area contributed by atoms with Gasteiger partial charge in [-0.3, -0.25) is 4.79 Å². The molecule has 1 aromatic carbocycles. The topological polar surface area (TPSA) is 44.8 Å². The molecule has 0 unspecified atom stereocenters. The minimum absolute atomic E-state index is 0.283. The lowest BCUT2D eigenvalue weighted by Gasteiger charge is -2.12. The predicted octanol–water partition coefficient (Wildman–Crippen LogP) is 1.81. The van der Waals surface area contributed by atoms with Crippen LogP contribution in [0.3, 0.4) is 0 Å². The van der Waals surface area contributed by atoms with Gasteiger partial charge in [-0.25, -0.2) is 0 Å². The lowest BCUT2D eigenvalue weighted by molar-refractivity contribution is -0.140. The lowest BCUT2D eigenvalue weighted by Crippen LogP contribution is -2.05. The molecular formula is C12H16O4. The van der Waals surface area contributed by atoms with Crippen LogP contribution >= 0.6 is 0 Å². The van der Waals surface area contributed by atoms with Gasteiger partial charge in [0, 0.05) is 18.9 Å². The van der Waals surface area contributed by atoms with E-state index < -0.39 is 0 Å². The molecule has 0 atom stereocenters. The van der Waals surface area contributed by atoms with Crippen LogP contribution in [-0.4, -0.2) is 26.8 Å². The fraction of sp³-hybridized carbons (Fsp3) is 0.417. The largest absolute Gasteiger partial charge is 0.496 e. The molecule has 0 bridgehead atoms. The minimum Gasteiger partial charge on any atom is -0.496 e. The highest BCUT2D eigenvalue weighted by Gasteiger charge is 2.09. The Balaban J connectivity index is 2.78. The summed E-state index contributed by atoms with van der Waals surface area (Å²) in [4.78, 5) is 10.7. The van der Waals surface area contributed by atoms with Crippen LogP contribution < -0.4 is 9.47 Å². The van der Waals surface area contributed by atoms with Gasteiger partial charge in [-0.2, -0.15) is 0 Å². The number of hydrogen-bond donors (Lipinski definition) is 0. The number of carbonyl (C=O) groups is 1. The van der Waals surface area contributed by atoms with Gasteiger partial charge in [-0.15, -0.1) is 0 Å². The number of benzene rings is 1. The Morgan fingerprint density at radius 1 is 1.19 bits per heavy atom. The molecule has 0 radical (unpaired) electrons. The zero-order valence-corrected chi connectivity index (χ0v) is 9.78. The van der Waals surface area contributed by atoms with Gasteiger partial charge < -0.3 is 14.2 Å². The average molecular weight is 224 g/mol. The van der Waals surface area contributed by atoms with Gasteiger partial charge in [-0.05, 0) is 12.1 Å². The highest BCUT2D eigenvalue weighted by molar-refractivity contribution is 5.65. The van der Waals surface area contributed by atoms with Crippen molar-refractivity contribution < 1.29 is 19.0 Å². The minimum atomic E-state index is -0.283. The number of esters is 1. The fourth-order valence-electron chi connectivity index (χ4n) is 1.47. The van der Waals surface area contributed by atoms with Crippen molar-refractivity contribution in [2.24, 2.45) is 0 Å². The van der Waals surface area contributed by atoms with E-state index in [9.17, 15) is 4.79 Å². The molecule has 88 valence electrons. The van der Waals surface area contributed by atoms with E-state index in [-0.39, 0.29) is 5.97 Å². The van der Waals surface area contributed by atoms with Gasteiger partial charge in [0.15, 0.2) is 0 Å². The van der Waals surface area contributed by atoms with Crippen LogP contribution in [0, 0.1) is 0 Å². The molecular weight excluding hydrogens is 208 g/mol. The van der Waals surface area contributed by atoms with E-state index in [4.69, 9.17) is 14.2 Å². The second-order valence-corrected chi connectivity index (χ2v) is 3.23. The van der Waals surface area contributed by atoms with Gasteiger partial charge >= 0.3 is 5.97 Å². The maximum absolute atomic E-state index is 10.7. The predicted molar refractivity (Wildman–Crippen MR) is 59.9 cm³/mol. The van der Waals surface area contributed by atoms with E-state index in [2.05, 4.69) is 0 Å².